The van der Waals surface area contributed by atoms with Crippen molar-refractivity contribution in [1.82, 2.24) is 15.2 Å². The molecule has 0 radical (unpaired) electrons. The van der Waals surface area contributed by atoms with E-state index in [1.165, 1.54) is 17.3 Å². The number of aromatic nitrogens is 3. The van der Waals surface area contributed by atoms with Crippen molar-refractivity contribution in [2.45, 2.75) is 24.7 Å². The van der Waals surface area contributed by atoms with E-state index >= 15 is 0 Å². The molecular weight excluding hydrogens is 356 g/mol. The number of nitrogens with one attached hydrogen (secondary N) is 1. The van der Waals surface area contributed by atoms with Gasteiger partial charge in [-0.05, 0) is 18.1 Å². The van der Waals surface area contributed by atoms with E-state index < -0.39 is 0 Å². The summed E-state index contributed by atoms with van der Waals surface area (Å²) < 4.78 is 6.26. The number of nitrogens with zero attached hydrogens (tertiary/aromatic N) is 3. The molecule has 0 saturated carbocycles. The lowest BCUT2D eigenvalue weighted by Gasteiger charge is -2.19. The molecule has 1 aliphatic rings. The number of ether oxygens (including phenoxy) is 1. The van der Waals surface area contributed by atoms with Crippen molar-refractivity contribution in [1.29, 1.82) is 0 Å². The van der Waals surface area contributed by atoms with Crippen molar-refractivity contribution in [3.63, 3.8) is 0 Å². The quantitative estimate of drug-likeness (QED) is 0.506. The molecule has 1 N–H and O–H groups in total. The normalized spacial score (nSPS) is 14.9. The lowest BCUT2D eigenvalue weighted by atomic mass is 10.1. The van der Waals surface area contributed by atoms with E-state index in [-0.39, 0.29) is 6.23 Å². The number of thioether (sulfide) groups is 1. The molecule has 1 aromatic heterocycles. The first-order chi connectivity index (χ1) is 13.3. The Kier molecular flexibility index (Phi) is 5.07. The van der Waals surface area contributed by atoms with Gasteiger partial charge in [0.1, 0.15) is 0 Å². The summed E-state index contributed by atoms with van der Waals surface area (Å²) in [7, 11) is 0. The van der Waals surface area contributed by atoms with E-state index in [9.17, 15) is 0 Å². The Balaban J connectivity index is 1.76. The van der Waals surface area contributed by atoms with Gasteiger partial charge in [-0.25, -0.2) is 0 Å². The fourth-order valence-corrected chi connectivity index (χ4v) is 3.43. The van der Waals surface area contributed by atoms with Gasteiger partial charge in [0, 0.05) is 22.6 Å². The second kappa shape index (κ2) is 7.80. The molecule has 0 bridgehead atoms. The van der Waals surface area contributed by atoms with Crippen molar-refractivity contribution in [3.05, 3.63) is 72.3 Å². The third kappa shape index (κ3) is 3.66. The van der Waals surface area contributed by atoms with Crippen LogP contribution in [0.25, 0.3) is 11.3 Å². The van der Waals surface area contributed by atoms with Gasteiger partial charge < -0.3 is 10.1 Å². The van der Waals surface area contributed by atoms with Gasteiger partial charge in [-0.15, -0.1) is 16.8 Å². The third-order valence-corrected chi connectivity index (χ3v) is 5.19. The van der Waals surface area contributed by atoms with Gasteiger partial charge in [0.25, 0.3) is 0 Å². The molecule has 1 aliphatic heterocycles. The van der Waals surface area contributed by atoms with Crippen molar-refractivity contribution in [2.24, 2.45) is 0 Å². The molecule has 0 spiro atoms. The minimum atomic E-state index is -0.354. The summed E-state index contributed by atoms with van der Waals surface area (Å²) in [5.41, 5.74) is 4.85. The molecule has 0 saturated heterocycles. The highest BCUT2D eigenvalue weighted by Gasteiger charge is 2.25. The van der Waals surface area contributed by atoms with Gasteiger partial charge in [-0.3, -0.25) is 0 Å². The molecule has 3 aromatic rings. The number of aryl methyl sites for hydroxylation is 1. The van der Waals surface area contributed by atoms with Crippen LogP contribution in [-0.2, 0) is 6.42 Å². The first kappa shape index (κ1) is 17.5. The van der Waals surface area contributed by atoms with Crippen LogP contribution >= 0.6 is 11.8 Å². The monoisotopic (exact) mass is 376 g/mol. The van der Waals surface area contributed by atoms with Crippen LogP contribution in [0, 0.1) is 0 Å². The zero-order valence-electron chi connectivity index (χ0n) is 15.1. The molecule has 0 aliphatic carbocycles. The van der Waals surface area contributed by atoms with Crippen molar-refractivity contribution in [3.8, 4) is 17.1 Å². The van der Waals surface area contributed by atoms with Gasteiger partial charge in [0.2, 0.25) is 11.0 Å². The van der Waals surface area contributed by atoms with Crippen LogP contribution in [0.1, 0.15) is 24.3 Å². The number of fused-ring (bicyclic) bond motifs is 3. The van der Waals surface area contributed by atoms with E-state index in [2.05, 4.69) is 58.3 Å². The van der Waals surface area contributed by atoms with E-state index in [0.29, 0.717) is 16.7 Å². The van der Waals surface area contributed by atoms with Crippen LogP contribution in [0.15, 0.2) is 66.3 Å². The summed E-state index contributed by atoms with van der Waals surface area (Å²) in [5, 5.41) is 12.7. The lowest BCUT2D eigenvalue weighted by Crippen LogP contribution is -2.17. The summed E-state index contributed by atoms with van der Waals surface area (Å²) in [6.07, 6.45) is 2.47. The minimum Gasteiger partial charge on any atom is -0.448 e. The highest BCUT2D eigenvalue weighted by atomic mass is 32.2. The Morgan fingerprint density at radius 1 is 1.15 bits per heavy atom. The fraction of sp³-hybridized carbons (Fsp3) is 0.190. The van der Waals surface area contributed by atoms with Crippen LogP contribution in [0.3, 0.4) is 0 Å². The average Bonchev–Trinajstić information content (AvgIpc) is 2.88. The topological polar surface area (TPSA) is 59.9 Å². The van der Waals surface area contributed by atoms with E-state index in [0.717, 1.165) is 29.0 Å². The van der Waals surface area contributed by atoms with Gasteiger partial charge in [-0.2, -0.15) is 4.98 Å². The molecule has 1 atom stereocenters. The molecule has 0 amide bonds. The summed E-state index contributed by atoms with van der Waals surface area (Å²) >= 11 is 1.48. The maximum absolute atomic E-state index is 6.26. The Morgan fingerprint density at radius 2 is 1.96 bits per heavy atom. The Hall–Kier alpha value is -2.86. The SMILES string of the molecule is C=CCSc1nnc2c(n1)O[C@@H](c1ccc(CC)cc1)Nc1ccccc1-2. The molecule has 4 rings (SSSR count). The zero-order valence-corrected chi connectivity index (χ0v) is 15.9. The Bertz CT molecular complexity index is 959. The molecule has 0 unspecified atom stereocenters. The molecule has 5 nitrogen and oxygen atoms in total. The van der Waals surface area contributed by atoms with Crippen LogP contribution in [0.4, 0.5) is 5.69 Å². The standard InChI is InChI=1S/C21H20N4OS/c1-3-13-27-21-23-20-18(24-25-21)16-7-5-6-8-17(16)22-19(26-20)15-11-9-14(4-2)10-12-15/h3,5-12,19,22H,1,4,13H2,2H3/t19-/m0/s1. The van der Waals surface area contributed by atoms with E-state index in [1.807, 2.05) is 30.3 Å². The average molecular weight is 376 g/mol. The fourth-order valence-electron chi connectivity index (χ4n) is 2.92. The number of rotatable bonds is 5. The van der Waals surface area contributed by atoms with Crippen LogP contribution in [0.5, 0.6) is 5.88 Å². The predicted octanol–water partition coefficient (Wildman–Crippen LogP) is 4.88. The highest BCUT2D eigenvalue weighted by Crippen LogP contribution is 2.39. The Labute approximate surface area is 162 Å². The van der Waals surface area contributed by atoms with Crippen LogP contribution < -0.4 is 10.1 Å². The number of hydrogen-bond donors (Lipinski definition) is 1. The van der Waals surface area contributed by atoms with Gasteiger partial charge in [-0.1, -0.05) is 67.2 Å². The molecule has 136 valence electrons. The minimum absolute atomic E-state index is 0.354. The smallest absolute Gasteiger partial charge is 0.247 e. The Morgan fingerprint density at radius 3 is 2.74 bits per heavy atom. The second-order valence-corrected chi connectivity index (χ2v) is 7.12. The molecule has 6 heteroatoms. The van der Waals surface area contributed by atoms with Crippen molar-refractivity contribution >= 4 is 17.4 Å². The molecule has 27 heavy (non-hydrogen) atoms. The molecular formula is C21H20N4OS. The van der Waals surface area contributed by atoms with Gasteiger partial charge in [0.05, 0.1) is 0 Å². The predicted molar refractivity (Wildman–Crippen MR) is 109 cm³/mol. The second-order valence-electron chi connectivity index (χ2n) is 6.13. The number of benzene rings is 2. The first-order valence-corrected chi connectivity index (χ1v) is 9.87. The first-order valence-electron chi connectivity index (χ1n) is 8.88. The maximum atomic E-state index is 6.26. The number of anilines is 1. The van der Waals surface area contributed by atoms with Gasteiger partial charge in [0.15, 0.2) is 11.9 Å². The third-order valence-electron chi connectivity index (χ3n) is 4.35. The molecule has 2 heterocycles. The number of hydrogen-bond acceptors (Lipinski definition) is 6. The van der Waals surface area contributed by atoms with Crippen molar-refractivity contribution in [2.75, 3.05) is 11.1 Å². The van der Waals surface area contributed by atoms with Gasteiger partial charge >= 0.3 is 0 Å². The van der Waals surface area contributed by atoms with E-state index in [1.54, 1.807) is 0 Å². The maximum Gasteiger partial charge on any atom is 0.247 e. The molecule has 0 fully saturated rings. The zero-order chi connectivity index (χ0) is 18.6. The summed E-state index contributed by atoms with van der Waals surface area (Å²) in [4.78, 5) is 4.60. The largest absolute Gasteiger partial charge is 0.448 e. The van der Waals surface area contributed by atoms with Crippen molar-refractivity contribution < 1.29 is 4.74 Å². The van der Waals surface area contributed by atoms with Crippen LogP contribution in [0.2, 0.25) is 0 Å². The number of para-hydroxylation sites is 1. The van der Waals surface area contributed by atoms with E-state index in [4.69, 9.17) is 4.74 Å². The summed E-state index contributed by atoms with van der Waals surface area (Å²) in [5.74, 6) is 1.20. The lowest BCUT2D eigenvalue weighted by molar-refractivity contribution is 0.225. The molecule has 2 aromatic carbocycles. The summed E-state index contributed by atoms with van der Waals surface area (Å²) in [6, 6.07) is 16.4. The van der Waals surface area contributed by atoms with Crippen LogP contribution in [-0.4, -0.2) is 20.9 Å². The summed E-state index contributed by atoms with van der Waals surface area (Å²) in [6.45, 7) is 5.88. The highest BCUT2D eigenvalue weighted by molar-refractivity contribution is 7.99.